The van der Waals surface area contributed by atoms with E-state index in [2.05, 4.69) is 37.9 Å². The third-order valence-electron chi connectivity index (χ3n) is 4.31. The summed E-state index contributed by atoms with van der Waals surface area (Å²) >= 11 is 0. The van der Waals surface area contributed by atoms with E-state index < -0.39 is 0 Å². The van der Waals surface area contributed by atoms with Gasteiger partial charge in [0.05, 0.1) is 0 Å². The van der Waals surface area contributed by atoms with Crippen molar-refractivity contribution in [2.45, 2.75) is 59.4 Å². The highest BCUT2D eigenvalue weighted by atomic mass is 15.1. The molecule has 0 radical (unpaired) electrons. The van der Waals surface area contributed by atoms with Gasteiger partial charge in [-0.1, -0.05) is 27.7 Å². The van der Waals surface area contributed by atoms with Crippen molar-refractivity contribution in [3.05, 3.63) is 0 Å². The molecule has 0 atom stereocenters. The van der Waals surface area contributed by atoms with Crippen LogP contribution in [0.15, 0.2) is 0 Å². The Kier molecular flexibility index (Phi) is 3.84. The third-order valence-corrected chi connectivity index (χ3v) is 4.31. The highest BCUT2D eigenvalue weighted by Crippen LogP contribution is 2.31. The van der Waals surface area contributed by atoms with E-state index in [0.29, 0.717) is 10.8 Å². The molecular weight excluding hydrogens is 208 g/mol. The Hall–Kier alpha value is -0.0800. The second-order valence-corrected chi connectivity index (χ2v) is 7.76. The minimum Gasteiger partial charge on any atom is -0.313 e. The molecule has 1 heterocycles. The Labute approximate surface area is 107 Å². The molecule has 0 aromatic heterocycles. The lowest BCUT2D eigenvalue weighted by Crippen LogP contribution is -2.45. The van der Waals surface area contributed by atoms with E-state index in [1.54, 1.807) is 0 Å². The topological polar surface area (TPSA) is 15.3 Å². The van der Waals surface area contributed by atoms with E-state index in [1.807, 2.05) is 0 Å². The van der Waals surface area contributed by atoms with Crippen LogP contribution in [0, 0.1) is 10.8 Å². The van der Waals surface area contributed by atoms with Crippen LogP contribution in [-0.4, -0.2) is 37.1 Å². The Morgan fingerprint density at radius 1 is 1.18 bits per heavy atom. The summed E-state index contributed by atoms with van der Waals surface area (Å²) in [5, 5.41) is 3.68. The van der Waals surface area contributed by atoms with E-state index in [0.717, 1.165) is 6.04 Å². The maximum absolute atomic E-state index is 3.68. The highest BCUT2D eigenvalue weighted by molar-refractivity contribution is 4.87. The Balaban J connectivity index is 1.71. The first kappa shape index (κ1) is 13.4. The molecule has 0 aromatic rings. The molecule has 2 rings (SSSR count). The van der Waals surface area contributed by atoms with E-state index in [-0.39, 0.29) is 0 Å². The van der Waals surface area contributed by atoms with Gasteiger partial charge in [-0.25, -0.2) is 0 Å². The molecule has 17 heavy (non-hydrogen) atoms. The van der Waals surface area contributed by atoms with Crippen molar-refractivity contribution in [1.82, 2.24) is 10.2 Å². The maximum atomic E-state index is 3.68. The summed E-state index contributed by atoms with van der Waals surface area (Å²) in [6, 6.07) is 0.842. The second-order valence-electron chi connectivity index (χ2n) is 7.76. The van der Waals surface area contributed by atoms with Gasteiger partial charge < -0.3 is 10.2 Å². The summed E-state index contributed by atoms with van der Waals surface area (Å²) < 4.78 is 0. The SMILES string of the molecule is CC1(C)CCN(CC(C)(C)CNC2CC2)CC1. The van der Waals surface area contributed by atoms with Crippen molar-refractivity contribution in [2.24, 2.45) is 10.8 Å². The quantitative estimate of drug-likeness (QED) is 0.792. The largest absolute Gasteiger partial charge is 0.313 e. The van der Waals surface area contributed by atoms with Crippen LogP contribution in [0.25, 0.3) is 0 Å². The Morgan fingerprint density at radius 2 is 1.76 bits per heavy atom. The van der Waals surface area contributed by atoms with E-state index in [9.17, 15) is 0 Å². The third kappa shape index (κ3) is 4.59. The monoisotopic (exact) mass is 238 g/mol. The average Bonchev–Trinajstić information content (AvgIpc) is 3.02. The fourth-order valence-corrected chi connectivity index (χ4v) is 2.69. The fourth-order valence-electron chi connectivity index (χ4n) is 2.69. The van der Waals surface area contributed by atoms with Gasteiger partial charge in [0, 0.05) is 19.1 Å². The standard InChI is InChI=1S/C15H30N2/c1-14(2)7-9-17(10-8-14)12-15(3,4)11-16-13-5-6-13/h13,16H,5-12H2,1-4H3. The van der Waals surface area contributed by atoms with Crippen LogP contribution in [0.5, 0.6) is 0 Å². The van der Waals surface area contributed by atoms with Crippen LogP contribution in [0.3, 0.4) is 0 Å². The normalized spacial score (nSPS) is 26.1. The number of rotatable bonds is 5. The molecule has 1 saturated heterocycles. The summed E-state index contributed by atoms with van der Waals surface area (Å²) in [6.45, 7) is 14.6. The molecule has 1 N–H and O–H groups in total. The molecule has 0 spiro atoms. The molecule has 0 amide bonds. The molecule has 2 aliphatic rings. The van der Waals surface area contributed by atoms with Crippen molar-refractivity contribution in [3.63, 3.8) is 0 Å². The van der Waals surface area contributed by atoms with Crippen LogP contribution in [0.4, 0.5) is 0 Å². The molecule has 2 heteroatoms. The van der Waals surface area contributed by atoms with E-state index in [4.69, 9.17) is 0 Å². The van der Waals surface area contributed by atoms with Crippen LogP contribution in [-0.2, 0) is 0 Å². The van der Waals surface area contributed by atoms with Crippen LogP contribution in [0.1, 0.15) is 53.4 Å². The summed E-state index contributed by atoms with van der Waals surface area (Å²) in [4.78, 5) is 2.67. The van der Waals surface area contributed by atoms with Gasteiger partial charge in [0.25, 0.3) is 0 Å². The van der Waals surface area contributed by atoms with Crippen LogP contribution in [0.2, 0.25) is 0 Å². The maximum Gasteiger partial charge on any atom is 0.00684 e. The van der Waals surface area contributed by atoms with Gasteiger partial charge >= 0.3 is 0 Å². The van der Waals surface area contributed by atoms with Gasteiger partial charge in [-0.2, -0.15) is 0 Å². The number of nitrogens with one attached hydrogen (secondary N) is 1. The van der Waals surface area contributed by atoms with Crippen molar-refractivity contribution in [2.75, 3.05) is 26.2 Å². The van der Waals surface area contributed by atoms with Gasteiger partial charge in [-0.05, 0) is 49.6 Å². The van der Waals surface area contributed by atoms with Crippen molar-refractivity contribution < 1.29 is 0 Å². The molecule has 1 aliphatic carbocycles. The number of nitrogens with zero attached hydrogens (tertiary/aromatic N) is 1. The Bertz CT molecular complexity index is 244. The molecule has 0 aromatic carbocycles. The summed E-state index contributed by atoms with van der Waals surface area (Å²) in [5.41, 5.74) is 0.997. The number of hydrogen-bond donors (Lipinski definition) is 1. The lowest BCUT2D eigenvalue weighted by Gasteiger charge is -2.40. The zero-order valence-corrected chi connectivity index (χ0v) is 12.2. The number of likely N-dealkylation sites (tertiary alicyclic amines) is 1. The second kappa shape index (κ2) is 4.89. The fraction of sp³-hybridized carbons (Fsp3) is 1.00. The minimum absolute atomic E-state index is 0.421. The molecule has 2 fully saturated rings. The number of piperidine rings is 1. The summed E-state index contributed by atoms with van der Waals surface area (Å²) in [6.07, 6.45) is 5.51. The highest BCUT2D eigenvalue weighted by Gasteiger charge is 2.30. The lowest BCUT2D eigenvalue weighted by atomic mass is 9.81. The first-order valence-corrected chi connectivity index (χ1v) is 7.32. The summed E-state index contributed by atoms with van der Waals surface area (Å²) in [5.74, 6) is 0. The van der Waals surface area contributed by atoms with E-state index in [1.165, 1.54) is 51.9 Å². The smallest absolute Gasteiger partial charge is 0.00684 e. The minimum atomic E-state index is 0.421. The Morgan fingerprint density at radius 3 is 2.29 bits per heavy atom. The van der Waals surface area contributed by atoms with Gasteiger partial charge in [-0.3, -0.25) is 0 Å². The first-order valence-electron chi connectivity index (χ1n) is 7.32. The zero-order valence-electron chi connectivity index (χ0n) is 12.2. The summed E-state index contributed by atoms with van der Waals surface area (Å²) in [7, 11) is 0. The van der Waals surface area contributed by atoms with Gasteiger partial charge in [0.1, 0.15) is 0 Å². The van der Waals surface area contributed by atoms with Gasteiger partial charge in [0.15, 0.2) is 0 Å². The van der Waals surface area contributed by atoms with Crippen molar-refractivity contribution >= 4 is 0 Å². The molecular formula is C15H30N2. The molecule has 2 nitrogen and oxygen atoms in total. The molecule has 0 bridgehead atoms. The predicted molar refractivity (Wildman–Crippen MR) is 74.3 cm³/mol. The predicted octanol–water partition coefficient (Wildman–Crippen LogP) is 2.89. The molecule has 1 aliphatic heterocycles. The van der Waals surface area contributed by atoms with Crippen molar-refractivity contribution in [1.29, 1.82) is 0 Å². The van der Waals surface area contributed by atoms with Gasteiger partial charge in [0.2, 0.25) is 0 Å². The average molecular weight is 238 g/mol. The number of hydrogen-bond acceptors (Lipinski definition) is 2. The lowest BCUT2D eigenvalue weighted by molar-refractivity contribution is 0.0942. The first-order chi connectivity index (χ1) is 7.86. The van der Waals surface area contributed by atoms with Crippen LogP contribution >= 0.6 is 0 Å². The van der Waals surface area contributed by atoms with Crippen LogP contribution < -0.4 is 5.32 Å². The van der Waals surface area contributed by atoms with Crippen molar-refractivity contribution in [3.8, 4) is 0 Å². The molecule has 1 saturated carbocycles. The zero-order chi connectivity index (χ0) is 12.5. The van der Waals surface area contributed by atoms with Gasteiger partial charge in [-0.15, -0.1) is 0 Å². The van der Waals surface area contributed by atoms with E-state index >= 15 is 0 Å². The molecule has 0 unspecified atom stereocenters. The molecule has 100 valence electrons.